The minimum Gasteiger partial charge on any atom is -0.506 e. The molecule has 0 aliphatic carbocycles. The Morgan fingerprint density at radius 1 is 1.04 bits per heavy atom. The van der Waals surface area contributed by atoms with E-state index in [1.54, 1.807) is 42.5 Å². The Morgan fingerprint density at radius 2 is 1.78 bits per heavy atom. The Labute approximate surface area is 155 Å². The van der Waals surface area contributed by atoms with E-state index in [-0.39, 0.29) is 27.3 Å². The van der Waals surface area contributed by atoms with Crippen LogP contribution in [0.15, 0.2) is 70.8 Å². The van der Waals surface area contributed by atoms with Gasteiger partial charge in [-0.1, -0.05) is 18.2 Å². The number of amides is 1. The van der Waals surface area contributed by atoms with Crippen molar-refractivity contribution < 1.29 is 18.3 Å². The minimum atomic E-state index is -4.09. The number of phenolic OH excluding ortho intramolecular Hbond substituents is 1. The predicted octanol–water partition coefficient (Wildman–Crippen LogP) is 2.51. The van der Waals surface area contributed by atoms with Gasteiger partial charge in [-0.05, 0) is 43.3 Å². The van der Waals surface area contributed by atoms with Crippen molar-refractivity contribution >= 4 is 38.0 Å². The molecule has 1 atom stereocenters. The van der Waals surface area contributed by atoms with Crippen molar-refractivity contribution in [2.75, 3.05) is 5.01 Å². The third kappa shape index (κ3) is 2.65. The van der Waals surface area contributed by atoms with Gasteiger partial charge in [0, 0.05) is 11.6 Å². The Morgan fingerprint density at radius 3 is 2.52 bits per heavy atom. The molecule has 0 unspecified atom stereocenters. The number of anilines is 1. The van der Waals surface area contributed by atoms with Crippen LogP contribution in [0.2, 0.25) is 0 Å². The van der Waals surface area contributed by atoms with Crippen LogP contribution < -0.4 is 5.01 Å². The van der Waals surface area contributed by atoms with E-state index in [0.717, 1.165) is 5.01 Å². The number of hydrogen-bond donors (Lipinski definition) is 1. The molecule has 27 heavy (non-hydrogen) atoms. The second-order valence-corrected chi connectivity index (χ2v) is 8.14. The molecular formula is C19H15N3O4S. The van der Waals surface area contributed by atoms with E-state index in [9.17, 15) is 18.3 Å². The molecule has 0 bridgehead atoms. The highest BCUT2D eigenvalue weighted by molar-refractivity contribution is 7.94. The van der Waals surface area contributed by atoms with E-state index in [4.69, 9.17) is 0 Å². The first-order valence-corrected chi connectivity index (χ1v) is 9.70. The number of carbonyl (C=O) groups is 1. The first-order valence-electron chi connectivity index (χ1n) is 8.16. The molecule has 0 fully saturated rings. The maximum atomic E-state index is 13.3. The van der Waals surface area contributed by atoms with Crippen LogP contribution in [0.25, 0.3) is 10.9 Å². The highest BCUT2D eigenvalue weighted by atomic mass is 32.2. The van der Waals surface area contributed by atoms with Crippen molar-refractivity contribution in [1.82, 2.24) is 4.98 Å². The van der Waals surface area contributed by atoms with E-state index in [1.807, 2.05) is 0 Å². The van der Waals surface area contributed by atoms with E-state index in [1.165, 1.54) is 25.3 Å². The molecule has 7 nitrogen and oxygen atoms in total. The number of pyridine rings is 1. The number of benzene rings is 2. The van der Waals surface area contributed by atoms with Crippen molar-refractivity contribution in [2.45, 2.75) is 17.1 Å². The third-order valence-electron chi connectivity index (χ3n) is 4.40. The SMILES string of the molecule is CC1=NN(c2ccccc2)C(=O)[C@@H]1S(=O)(=O)c1ccc(O)c2ncccc12. The van der Waals surface area contributed by atoms with Crippen LogP contribution in [-0.4, -0.2) is 35.4 Å². The summed E-state index contributed by atoms with van der Waals surface area (Å²) in [5, 5.41) is 14.1. The number of para-hydroxylation sites is 1. The summed E-state index contributed by atoms with van der Waals surface area (Å²) >= 11 is 0. The van der Waals surface area contributed by atoms with Crippen molar-refractivity contribution in [3.63, 3.8) is 0 Å². The molecule has 0 saturated heterocycles. The average molecular weight is 381 g/mol. The zero-order chi connectivity index (χ0) is 19.2. The van der Waals surface area contributed by atoms with Crippen LogP contribution in [0.3, 0.4) is 0 Å². The number of carbonyl (C=O) groups excluding carboxylic acids is 1. The van der Waals surface area contributed by atoms with Gasteiger partial charge < -0.3 is 5.11 Å². The molecule has 4 rings (SSSR count). The summed E-state index contributed by atoms with van der Waals surface area (Å²) in [4.78, 5) is 16.9. The maximum absolute atomic E-state index is 13.3. The Hall–Kier alpha value is -3.26. The van der Waals surface area contributed by atoms with Gasteiger partial charge in [0.15, 0.2) is 15.1 Å². The zero-order valence-corrected chi connectivity index (χ0v) is 15.1. The highest BCUT2D eigenvalue weighted by Gasteiger charge is 2.45. The van der Waals surface area contributed by atoms with Gasteiger partial charge in [0.05, 0.1) is 16.3 Å². The summed E-state index contributed by atoms with van der Waals surface area (Å²) in [6.07, 6.45) is 1.46. The molecule has 1 N–H and O–H groups in total. The third-order valence-corrected chi connectivity index (χ3v) is 6.53. The van der Waals surface area contributed by atoms with Gasteiger partial charge in [-0.25, -0.2) is 8.42 Å². The summed E-state index contributed by atoms with van der Waals surface area (Å²) in [6, 6.07) is 14.3. The molecular weight excluding hydrogens is 366 g/mol. The second kappa shape index (κ2) is 6.17. The van der Waals surface area contributed by atoms with Gasteiger partial charge in [0.1, 0.15) is 11.3 Å². The zero-order valence-electron chi connectivity index (χ0n) is 14.3. The van der Waals surface area contributed by atoms with Crippen LogP contribution in [0.1, 0.15) is 6.92 Å². The number of fused-ring (bicyclic) bond motifs is 1. The fourth-order valence-electron chi connectivity index (χ4n) is 3.17. The van der Waals surface area contributed by atoms with Gasteiger partial charge in [-0.2, -0.15) is 10.1 Å². The monoisotopic (exact) mass is 381 g/mol. The maximum Gasteiger partial charge on any atom is 0.271 e. The average Bonchev–Trinajstić information content (AvgIpc) is 2.97. The van der Waals surface area contributed by atoms with Crippen LogP contribution >= 0.6 is 0 Å². The van der Waals surface area contributed by atoms with E-state index < -0.39 is 21.0 Å². The Balaban J connectivity index is 1.83. The number of aromatic hydroxyl groups is 1. The topological polar surface area (TPSA) is 99.9 Å². The molecule has 8 heteroatoms. The minimum absolute atomic E-state index is 0.0637. The van der Waals surface area contributed by atoms with E-state index in [0.29, 0.717) is 5.69 Å². The van der Waals surface area contributed by atoms with Gasteiger partial charge in [-0.15, -0.1) is 0 Å². The fourth-order valence-corrected chi connectivity index (χ4v) is 5.01. The molecule has 0 spiro atoms. The quantitative estimate of drug-likeness (QED) is 0.751. The summed E-state index contributed by atoms with van der Waals surface area (Å²) in [7, 11) is -4.09. The number of phenols is 1. The molecule has 1 amide bonds. The smallest absolute Gasteiger partial charge is 0.271 e. The number of hydrogen-bond acceptors (Lipinski definition) is 6. The van der Waals surface area contributed by atoms with Gasteiger partial charge in [0.2, 0.25) is 0 Å². The molecule has 2 heterocycles. The number of aromatic nitrogens is 1. The number of sulfone groups is 1. The highest BCUT2D eigenvalue weighted by Crippen LogP contribution is 2.33. The lowest BCUT2D eigenvalue weighted by Crippen LogP contribution is -2.38. The van der Waals surface area contributed by atoms with Crippen molar-refractivity contribution in [3.8, 4) is 5.75 Å². The normalized spacial score (nSPS) is 17.4. The summed E-state index contributed by atoms with van der Waals surface area (Å²) < 4.78 is 26.6. The Kier molecular flexibility index (Phi) is 3.92. The molecule has 136 valence electrons. The van der Waals surface area contributed by atoms with Crippen LogP contribution in [0, 0.1) is 0 Å². The van der Waals surface area contributed by atoms with E-state index >= 15 is 0 Å². The first-order chi connectivity index (χ1) is 12.9. The van der Waals surface area contributed by atoms with Gasteiger partial charge in [0.25, 0.3) is 5.91 Å². The van der Waals surface area contributed by atoms with Crippen molar-refractivity contribution in [1.29, 1.82) is 0 Å². The number of nitrogens with zero attached hydrogens (tertiary/aromatic N) is 3. The van der Waals surface area contributed by atoms with Crippen molar-refractivity contribution in [3.05, 3.63) is 60.8 Å². The predicted molar refractivity (Wildman–Crippen MR) is 101 cm³/mol. The molecule has 0 saturated carbocycles. The lowest BCUT2D eigenvalue weighted by molar-refractivity contribution is -0.116. The first kappa shape index (κ1) is 17.2. The van der Waals surface area contributed by atoms with Gasteiger partial charge in [-0.3, -0.25) is 9.78 Å². The molecule has 0 radical (unpaired) electrons. The molecule has 1 aliphatic heterocycles. The summed E-state index contributed by atoms with van der Waals surface area (Å²) in [5.41, 5.74) is 0.851. The Bertz CT molecular complexity index is 1190. The van der Waals surface area contributed by atoms with Crippen LogP contribution in [0.4, 0.5) is 5.69 Å². The molecule has 1 aliphatic rings. The van der Waals surface area contributed by atoms with Crippen LogP contribution in [-0.2, 0) is 14.6 Å². The number of rotatable bonds is 3. The lowest BCUT2D eigenvalue weighted by atomic mass is 10.2. The van der Waals surface area contributed by atoms with Gasteiger partial charge >= 0.3 is 0 Å². The van der Waals surface area contributed by atoms with Crippen LogP contribution in [0.5, 0.6) is 5.75 Å². The molecule has 2 aromatic carbocycles. The fraction of sp³-hybridized carbons (Fsp3) is 0.105. The largest absolute Gasteiger partial charge is 0.506 e. The summed E-state index contributed by atoms with van der Waals surface area (Å²) in [6.45, 7) is 1.52. The standard InChI is InChI=1S/C19H15N3O4S/c1-12-18(19(24)22(21-12)13-6-3-2-4-7-13)27(25,26)16-10-9-15(23)17-14(16)8-5-11-20-17/h2-11,18,23H,1H3/t18-/m1/s1. The number of hydrazone groups is 1. The van der Waals surface area contributed by atoms with E-state index in [2.05, 4.69) is 10.1 Å². The molecule has 3 aromatic rings. The summed E-state index contributed by atoms with van der Waals surface area (Å²) in [5.74, 6) is -0.762. The lowest BCUT2D eigenvalue weighted by Gasteiger charge is -2.16. The second-order valence-electron chi connectivity index (χ2n) is 6.13. The molecule has 1 aromatic heterocycles. The van der Waals surface area contributed by atoms with Crippen molar-refractivity contribution in [2.24, 2.45) is 5.10 Å².